The van der Waals surface area contributed by atoms with Gasteiger partial charge in [-0.2, -0.15) is 0 Å². The molecular formula is C9H9BrO. The molecule has 0 aliphatic heterocycles. The second-order valence-electron chi connectivity index (χ2n) is 2.41. The van der Waals surface area contributed by atoms with Crippen molar-refractivity contribution in [3.8, 4) is 0 Å². The molecule has 0 aliphatic carbocycles. The molecule has 0 bridgehead atoms. The zero-order valence-corrected chi connectivity index (χ0v) is 7.85. The van der Waals surface area contributed by atoms with Gasteiger partial charge in [0.15, 0.2) is 0 Å². The maximum absolute atomic E-state index is 9.09. The lowest BCUT2D eigenvalue weighted by atomic mass is 10.1. The van der Waals surface area contributed by atoms with Crippen molar-refractivity contribution in [1.82, 2.24) is 0 Å². The molecule has 0 unspecified atom stereocenters. The minimum Gasteiger partial charge on any atom is -0.508 e. The molecule has 1 aromatic carbocycles. The lowest BCUT2D eigenvalue weighted by Crippen LogP contribution is -1.85. The molecule has 0 radical (unpaired) electrons. The highest BCUT2D eigenvalue weighted by atomic mass is 79.9. The first kappa shape index (κ1) is 8.34. The molecule has 1 rings (SSSR count). The van der Waals surface area contributed by atoms with Gasteiger partial charge in [0.05, 0.1) is 0 Å². The number of aliphatic hydroxyl groups is 1. The summed E-state index contributed by atoms with van der Waals surface area (Å²) < 4.78 is 1.01. The molecule has 58 valence electrons. The first-order chi connectivity index (χ1) is 5.11. The summed E-state index contributed by atoms with van der Waals surface area (Å²) >= 11 is 3.33. The number of aliphatic hydroxyl groups excluding tert-OH is 1. The fourth-order valence-corrected chi connectivity index (χ4v) is 1.43. The molecule has 0 aliphatic rings. The third-order valence-electron chi connectivity index (χ3n) is 1.50. The number of hydrogen-bond donors (Lipinski definition) is 1. The third kappa shape index (κ3) is 1.84. The standard InChI is InChI=1S/C9H9BrO/c1-6-5-8(10)3-4-9(6)7(2)11/h3-5,11H,2H2,1H3. The van der Waals surface area contributed by atoms with Gasteiger partial charge in [-0.25, -0.2) is 0 Å². The average Bonchev–Trinajstić information content (AvgIpc) is 1.85. The summed E-state index contributed by atoms with van der Waals surface area (Å²) in [6, 6.07) is 5.65. The van der Waals surface area contributed by atoms with Crippen LogP contribution in [0.5, 0.6) is 0 Å². The zero-order chi connectivity index (χ0) is 8.43. The minimum absolute atomic E-state index is 0.120. The molecule has 1 N–H and O–H groups in total. The zero-order valence-electron chi connectivity index (χ0n) is 6.26. The van der Waals surface area contributed by atoms with Crippen LogP contribution in [0, 0.1) is 6.92 Å². The van der Waals surface area contributed by atoms with Crippen LogP contribution in [0.3, 0.4) is 0 Å². The van der Waals surface area contributed by atoms with E-state index >= 15 is 0 Å². The van der Waals surface area contributed by atoms with Gasteiger partial charge in [0.25, 0.3) is 0 Å². The van der Waals surface area contributed by atoms with Crippen LogP contribution in [-0.2, 0) is 0 Å². The Morgan fingerprint density at radius 2 is 2.18 bits per heavy atom. The Morgan fingerprint density at radius 3 is 2.64 bits per heavy atom. The Bertz CT molecular complexity index is 292. The molecule has 0 spiro atoms. The van der Waals surface area contributed by atoms with E-state index < -0.39 is 0 Å². The maximum Gasteiger partial charge on any atom is 0.115 e. The highest BCUT2D eigenvalue weighted by Gasteiger charge is 1.99. The van der Waals surface area contributed by atoms with Gasteiger partial charge in [-0.3, -0.25) is 0 Å². The van der Waals surface area contributed by atoms with Gasteiger partial charge < -0.3 is 5.11 Å². The number of halogens is 1. The van der Waals surface area contributed by atoms with Gasteiger partial charge in [0.2, 0.25) is 0 Å². The SMILES string of the molecule is C=C(O)c1ccc(Br)cc1C. The Hall–Kier alpha value is -0.760. The number of benzene rings is 1. The predicted octanol–water partition coefficient (Wildman–Crippen LogP) is 3.29. The second kappa shape index (κ2) is 3.09. The van der Waals surface area contributed by atoms with Crippen LogP contribution in [-0.4, -0.2) is 5.11 Å². The molecule has 11 heavy (non-hydrogen) atoms. The molecule has 0 fully saturated rings. The Morgan fingerprint density at radius 1 is 1.55 bits per heavy atom. The molecule has 0 amide bonds. The topological polar surface area (TPSA) is 20.2 Å². The van der Waals surface area contributed by atoms with Crippen LogP contribution >= 0.6 is 15.9 Å². The van der Waals surface area contributed by atoms with Crippen LogP contribution in [0.1, 0.15) is 11.1 Å². The number of aryl methyl sites for hydroxylation is 1. The van der Waals surface area contributed by atoms with Crippen molar-refractivity contribution in [3.63, 3.8) is 0 Å². The first-order valence-electron chi connectivity index (χ1n) is 3.25. The van der Waals surface area contributed by atoms with E-state index in [1.165, 1.54) is 0 Å². The monoisotopic (exact) mass is 212 g/mol. The van der Waals surface area contributed by atoms with Crippen LogP contribution < -0.4 is 0 Å². The highest BCUT2D eigenvalue weighted by Crippen LogP contribution is 2.19. The summed E-state index contributed by atoms with van der Waals surface area (Å²) in [6.45, 7) is 5.39. The summed E-state index contributed by atoms with van der Waals surface area (Å²) in [5.74, 6) is 0.120. The molecule has 0 aromatic heterocycles. The lowest BCUT2D eigenvalue weighted by Gasteiger charge is -2.02. The van der Waals surface area contributed by atoms with Crippen molar-refractivity contribution in [3.05, 3.63) is 40.4 Å². The van der Waals surface area contributed by atoms with Crippen LogP contribution in [0.2, 0.25) is 0 Å². The average molecular weight is 213 g/mol. The summed E-state index contributed by atoms with van der Waals surface area (Å²) in [7, 11) is 0. The Kier molecular flexibility index (Phi) is 2.35. The summed E-state index contributed by atoms with van der Waals surface area (Å²) in [6.07, 6.45) is 0. The lowest BCUT2D eigenvalue weighted by molar-refractivity contribution is 0.513. The van der Waals surface area contributed by atoms with Gasteiger partial charge in [0, 0.05) is 10.0 Å². The van der Waals surface area contributed by atoms with E-state index in [2.05, 4.69) is 22.5 Å². The predicted molar refractivity (Wildman–Crippen MR) is 50.5 cm³/mol. The normalized spacial score (nSPS) is 9.64. The molecule has 0 saturated heterocycles. The fourth-order valence-electron chi connectivity index (χ4n) is 0.951. The van der Waals surface area contributed by atoms with Crippen LogP contribution in [0.4, 0.5) is 0 Å². The highest BCUT2D eigenvalue weighted by molar-refractivity contribution is 9.10. The van der Waals surface area contributed by atoms with Gasteiger partial charge in [-0.15, -0.1) is 0 Å². The molecule has 0 heterocycles. The summed E-state index contributed by atoms with van der Waals surface area (Å²) in [4.78, 5) is 0. The van der Waals surface area contributed by atoms with Gasteiger partial charge in [-0.1, -0.05) is 22.5 Å². The molecule has 1 aromatic rings. The van der Waals surface area contributed by atoms with Gasteiger partial charge in [-0.05, 0) is 30.7 Å². The third-order valence-corrected chi connectivity index (χ3v) is 1.99. The van der Waals surface area contributed by atoms with E-state index in [0.29, 0.717) is 0 Å². The summed E-state index contributed by atoms with van der Waals surface area (Å²) in [5.41, 5.74) is 1.82. The van der Waals surface area contributed by atoms with Crippen molar-refractivity contribution < 1.29 is 5.11 Å². The van der Waals surface area contributed by atoms with Crippen molar-refractivity contribution in [2.24, 2.45) is 0 Å². The number of hydrogen-bond acceptors (Lipinski definition) is 1. The molecular weight excluding hydrogens is 204 g/mol. The van der Waals surface area contributed by atoms with Gasteiger partial charge in [0.1, 0.15) is 5.76 Å². The van der Waals surface area contributed by atoms with E-state index in [9.17, 15) is 0 Å². The van der Waals surface area contributed by atoms with E-state index in [-0.39, 0.29) is 5.76 Å². The Labute approximate surface area is 74.5 Å². The van der Waals surface area contributed by atoms with Gasteiger partial charge >= 0.3 is 0 Å². The second-order valence-corrected chi connectivity index (χ2v) is 3.32. The van der Waals surface area contributed by atoms with Crippen molar-refractivity contribution in [2.45, 2.75) is 6.92 Å². The summed E-state index contributed by atoms with van der Waals surface area (Å²) in [5, 5.41) is 9.09. The molecule has 0 atom stereocenters. The molecule has 1 nitrogen and oxygen atoms in total. The van der Waals surface area contributed by atoms with Crippen LogP contribution in [0.25, 0.3) is 5.76 Å². The number of rotatable bonds is 1. The van der Waals surface area contributed by atoms with Crippen LogP contribution in [0.15, 0.2) is 29.3 Å². The largest absolute Gasteiger partial charge is 0.508 e. The minimum atomic E-state index is 0.120. The first-order valence-corrected chi connectivity index (χ1v) is 4.05. The molecule has 2 heteroatoms. The van der Waals surface area contributed by atoms with E-state index in [0.717, 1.165) is 15.6 Å². The Balaban J connectivity index is 3.20. The van der Waals surface area contributed by atoms with E-state index in [1.807, 2.05) is 25.1 Å². The van der Waals surface area contributed by atoms with Crippen molar-refractivity contribution in [1.29, 1.82) is 0 Å². The van der Waals surface area contributed by atoms with E-state index in [4.69, 9.17) is 5.11 Å². The quantitative estimate of drug-likeness (QED) is 0.709. The molecule has 0 saturated carbocycles. The maximum atomic E-state index is 9.09. The van der Waals surface area contributed by atoms with E-state index in [1.54, 1.807) is 0 Å². The fraction of sp³-hybridized carbons (Fsp3) is 0.111. The van der Waals surface area contributed by atoms with Crippen molar-refractivity contribution >= 4 is 21.7 Å². The smallest absolute Gasteiger partial charge is 0.115 e. The van der Waals surface area contributed by atoms with Crippen molar-refractivity contribution in [2.75, 3.05) is 0 Å².